The summed E-state index contributed by atoms with van der Waals surface area (Å²) in [6, 6.07) is 3.46. The molecule has 0 saturated heterocycles. The molecule has 0 bridgehead atoms. The van der Waals surface area contributed by atoms with Crippen molar-refractivity contribution in [1.29, 1.82) is 0 Å². The van der Waals surface area contributed by atoms with Crippen LogP contribution in [0.5, 0.6) is 5.75 Å². The molecule has 0 spiro atoms. The predicted octanol–water partition coefficient (Wildman–Crippen LogP) is 1.84. The van der Waals surface area contributed by atoms with Gasteiger partial charge in [-0.3, -0.25) is 4.98 Å². The molecule has 16 heavy (non-hydrogen) atoms. The highest BCUT2D eigenvalue weighted by atomic mass is 32.1. The van der Waals surface area contributed by atoms with Crippen molar-refractivity contribution in [2.45, 2.75) is 20.0 Å². The first-order valence-electron chi connectivity index (χ1n) is 4.99. The Bertz CT molecular complexity index is 456. The Hall–Kier alpha value is -1.46. The number of nitrogens with one attached hydrogen (secondary N) is 1. The maximum Gasteiger partial charge on any atom is 0.138 e. The molecule has 0 aliphatic heterocycles. The second-order valence-corrected chi connectivity index (χ2v) is 4.22. The van der Waals surface area contributed by atoms with Crippen molar-refractivity contribution in [2.24, 2.45) is 0 Å². The standard InChI is InChI=1S/C11H13N3OS/c1-8-2-3-11(15)10(14-8)5-12-4-9-6-16-7-13-9/h2-3,6-7,12,15H,4-5H2,1H3. The first-order chi connectivity index (χ1) is 7.75. The number of pyridine rings is 1. The molecule has 2 N–H and O–H groups in total. The predicted molar refractivity (Wildman–Crippen MR) is 63.3 cm³/mol. The zero-order valence-electron chi connectivity index (χ0n) is 8.97. The number of hydrogen-bond donors (Lipinski definition) is 2. The van der Waals surface area contributed by atoms with Crippen molar-refractivity contribution in [2.75, 3.05) is 0 Å². The summed E-state index contributed by atoms with van der Waals surface area (Å²) in [5.74, 6) is 0.233. The van der Waals surface area contributed by atoms with Crippen molar-refractivity contribution >= 4 is 11.3 Å². The van der Waals surface area contributed by atoms with Crippen LogP contribution in [-0.2, 0) is 13.1 Å². The molecule has 0 amide bonds. The molecule has 2 aromatic heterocycles. The van der Waals surface area contributed by atoms with E-state index in [0.29, 0.717) is 18.8 Å². The van der Waals surface area contributed by atoms with E-state index in [2.05, 4.69) is 15.3 Å². The third-order valence-electron chi connectivity index (χ3n) is 2.17. The van der Waals surface area contributed by atoms with Crippen molar-refractivity contribution in [3.05, 3.63) is 40.1 Å². The number of aromatic hydroxyl groups is 1. The molecule has 5 heteroatoms. The smallest absolute Gasteiger partial charge is 0.138 e. The number of thiazole rings is 1. The number of rotatable bonds is 4. The van der Waals surface area contributed by atoms with Crippen LogP contribution in [0, 0.1) is 6.92 Å². The maximum atomic E-state index is 9.58. The molecule has 2 aromatic rings. The van der Waals surface area contributed by atoms with Crippen molar-refractivity contribution in [1.82, 2.24) is 15.3 Å². The minimum absolute atomic E-state index is 0.233. The lowest BCUT2D eigenvalue weighted by Crippen LogP contribution is -2.14. The fraction of sp³-hybridized carbons (Fsp3) is 0.273. The van der Waals surface area contributed by atoms with Crippen LogP contribution in [0.3, 0.4) is 0 Å². The molecule has 0 aromatic carbocycles. The Morgan fingerprint density at radius 1 is 1.38 bits per heavy atom. The van der Waals surface area contributed by atoms with E-state index in [1.165, 1.54) is 0 Å². The molecule has 0 atom stereocenters. The van der Waals surface area contributed by atoms with Gasteiger partial charge in [0.05, 0.1) is 16.9 Å². The van der Waals surface area contributed by atoms with Crippen molar-refractivity contribution in [3.8, 4) is 5.75 Å². The van der Waals surface area contributed by atoms with Gasteiger partial charge in [0.1, 0.15) is 5.75 Å². The van der Waals surface area contributed by atoms with E-state index in [1.807, 2.05) is 12.3 Å². The first kappa shape index (κ1) is 11.0. The lowest BCUT2D eigenvalue weighted by molar-refractivity contribution is 0.458. The van der Waals surface area contributed by atoms with Crippen LogP contribution in [0.4, 0.5) is 0 Å². The molecule has 0 fully saturated rings. The molecule has 2 heterocycles. The third-order valence-corrected chi connectivity index (χ3v) is 2.81. The van der Waals surface area contributed by atoms with Gasteiger partial charge in [0, 0.05) is 24.2 Å². The molecule has 0 aliphatic carbocycles. The van der Waals surface area contributed by atoms with Crippen LogP contribution in [0.15, 0.2) is 23.0 Å². The van der Waals surface area contributed by atoms with Gasteiger partial charge in [-0.25, -0.2) is 4.98 Å². The average molecular weight is 235 g/mol. The second kappa shape index (κ2) is 5.05. The van der Waals surface area contributed by atoms with E-state index in [0.717, 1.165) is 11.4 Å². The lowest BCUT2D eigenvalue weighted by atomic mass is 10.3. The monoisotopic (exact) mass is 235 g/mol. The van der Waals surface area contributed by atoms with Crippen LogP contribution in [0.1, 0.15) is 17.1 Å². The molecule has 0 unspecified atom stereocenters. The van der Waals surface area contributed by atoms with Crippen LogP contribution in [-0.4, -0.2) is 15.1 Å². The molecular formula is C11H13N3OS. The highest BCUT2D eigenvalue weighted by molar-refractivity contribution is 7.07. The van der Waals surface area contributed by atoms with Gasteiger partial charge in [-0.15, -0.1) is 11.3 Å². The summed E-state index contributed by atoms with van der Waals surface area (Å²) >= 11 is 1.58. The molecule has 84 valence electrons. The zero-order valence-corrected chi connectivity index (χ0v) is 9.79. The Kier molecular flexibility index (Phi) is 3.48. The fourth-order valence-corrected chi connectivity index (χ4v) is 1.93. The van der Waals surface area contributed by atoms with Gasteiger partial charge >= 0.3 is 0 Å². The number of nitrogens with zero attached hydrogens (tertiary/aromatic N) is 2. The molecule has 0 aliphatic rings. The number of hydrogen-bond acceptors (Lipinski definition) is 5. The zero-order chi connectivity index (χ0) is 11.4. The quantitative estimate of drug-likeness (QED) is 0.849. The van der Waals surface area contributed by atoms with Crippen LogP contribution >= 0.6 is 11.3 Å². The summed E-state index contributed by atoms with van der Waals surface area (Å²) in [5, 5.41) is 14.8. The van der Waals surface area contributed by atoms with Crippen LogP contribution in [0.25, 0.3) is 0 Å². The average Bonchev–Trinajstić information content (AvgIpc) is 2.76. The van der Waals surface area contributed by atoms with Crippen molar-refractivity contribution in [3.63, 3.8) is 0 Å². The van der Waals surface area contributed by atoms with Gasteiger partial charge in [-0.2, -0.15) is 0 Å². The molecule has 0 radical (unpaired) electrons. The summed E-state index contributed by atoms with van der Waals surface area (Å²) in [6.07, 6.45) is 0. The van der Waals surface area contributed by atoms with E-state index in [9.17, 15) is 5.11 Å². The third kappa shape index (κ3) is 2.77. The van der Waals surface area contributed by atoms with E-state index < -0.39 is 0 Å². The van der Waals surface area contributed by atoms with E-state index in [4.69, 9.17) is 0 Å². The summed E-state index contributed by atoms with van der Waals surface area (Å²) in [7, 11) is 0. The normalized spacial score (nSPS) is 10.6. The first-order valence-corrected chi connectivity index (χ1v) is 5.93. The van der Waals surface area contributed by atoms with Gasteiger partial charge in [0.2, 0.25) is 0 Å². The highest BCUT2D eigenvalue weighted by Crippen LogP contribution is 2.14. The van der Waals surface area contributed by atoms with Crippen LogP contribution < -0.4 is 5.32 Å². The van der Waals surface area contributed by atoms with E-state index in [1.54, 1.807) is 29.0 Å². The molecular weight excluding hydrogens is 222 g/mol. The summed E-state index contributed by atoms with van der Waals surface area (Å²) in [4.78, 5) is 8.42. The maximum absolute atomic E-state index is 9.58. The van der Waals surface area contributed by atoms with Gasteiger partial charge in [0.25, 0.3) is 0 Å². The Balaban J connectivity index is 1.92. The topological polar surface area (TPSA) is 58.0 Å². The van der Waals surface area contributed by atoms with Gasteiger partial charge in [-0.1, -0.05) is 0 Å². The number of aromatic nitrogens is 2. The molecule has 4 nitrogen and oxygen atoms in total. The largest absolute Gasteiger partial charge is 0.506 e. The van der Waals surface area contributed by atoms with Crippen LogP contribution in [0.2, 0.25) is 0 Å². The SMILES string of the molecule is Cc1ccc(O)c(CNCc2cscn2)n1. The van der Waals surface area contributed by atoms with Gasteiger partial charge in [-0.05, 0) is 19.1 Å². The van der Waals surface area contributed by atoms with Gasteiger partial charge in [0.15, 0.2) is 0 Å². The Labute approximate surface area is 98.0 Å². The number of aryl methyl sites for hydroxylation is 1. The minimum atomic E-state index is 0.233. The minimum Gasteiger partial charge on any atom is -0.506 e. The van der Waals surface area contributed by atoms with Crippen molar-refractivity contribution < 1.29 is 5.11 Å². The van der Waals surface area contributed by atoms with Gasteiger partial charge < -0.3 is 10.4 Å². The fourth-order valence-electron chi connectivity index (χ4n) is 1.37. The summed E-state index contributed by atoms with van der Waals surface area (Å²) < 4.78 is 0. The lowest BCUT2D eigenvalue weighted by Gasteiger charge is -2.05. The summed E-state index contributed by atoms with van der Waals surface area (Å²) in [5.41, 5.74) is 4.40. The molecule has 0 saturated carbocycles. The molecule has 2 rings (SSSR count). The Morgan fingerprint density at radius 2 is 2.25 bits per heavy atom. The van der Waals surface area contributed by atoms with E-state index >= 15 is 0 Å². The highest BCUT2D eigenvalue weighted by Gasteiger charge is 2.02. The Morgan fingerprint density at radius 3 is 3.00 bits per heavy atom. The second-order valence-electron chi connectivity index (χ2n) is 3.50. The summed E-state index contributed by atoms with van der Waals surface area (Å²) in [6.45, 7) is 3.15. The van der Waals surface area contributed by atoms with E-state index in [-0.39, 0.29) is 5.75 Å².